The van der Waals surface area contributed by atoms with Crippen LogP contribution in [0.2, 0.25) is 0 Å². The Labute approximate surface area is 98.5 Å². The van der Waals surface area contributed by atoms with Crippen molar-refractivity contribution in [3.63, 3.8) is 0 Å². The minimum Gasteiger partial charge on any atom is -0.315 e. The van der Waals surface area contributed by atoms with Gasteiger partial charge in [-0.3, -0.25) is 5.41 Å². The lowest BCUT2D eigenvalue weighted by atomic mass is 9.89. The van der Waals surface area contributed by atoms with Gasteiger partial charge in [0.05, 0.1) is 5.37 Å². The number of alkyl halides is 2. The van der Waals surface area contributed by atoms with Gasteiger partial charge in [0.1, 0.15) is 12.9 Å². The van der Waals surface area contributed by atoms with Crippen molar-refractivity contribution in [3.05, 3.63) is 29.3 Å². The molecule has 2 nitrogen and oxygen atoms in total. The molecule has 0 saturated carbocycles. The van der Waals surface area contributed by atoms with Crippen LogP contribution in [-0.4, -0.2) is 19.3 Å². The Kier molecular flexibility index (Phi) is 4.50. The Morgan fingerprint density at radius 2 is 2.12 bits per heavy atom. The molecule has 0 bridgehead atoms. The normalized spacial score (nSPS) is 12.8. The summed E-state index contributed by atoms with van der Waals surface area (Å²) < 4.78 is 24.3. The van der Waals surface area contributed by atoms with Crippen LogP contribution >= 0.6 is 11.8 Å². The first-order chi connectivity index (χ1) is 7.41. The topological polar surface area (TPSA) is 49.9 Å². The van der Waals surface area contributed by atoms with Crippen LogP contribution in [0.5, 0.6) is 0 Å². The Morgan fingerprint density at radius 3 is 2.62 bits per heavy atom. The summed E-state index contributed by atoms with van der Waals surface area (Å²) in [5, 5.41) is 5.55. The highest BCUT2D eigenvalue weighted by Crippen LogP contribution is 2.25. The number of benzene rings is 1. The highest BCUT2D eigenvalue weighted by atomic mass is 32.2. The predicted molar refractivity (Wildman–Crippen MR) is 64.8 cm³/mol. The van der Waals surface area contributed by atoms with Crippen molar-refractivity contribution >= 4 is 30.1 Å². The van der Waals surface area contributed by atoms with E-state index in [0.29, 0.717) is 22.8 Å². The second-order valence-corrected chi connectivity index (χ2v) is 4.52. The monoisotopic (exact) mass is 240 g/mol. The Morgan fingerprint density at radius 1 is 1.50 bits per heavy atom. The van der Waals surface area contributed by atoms with E-state index in [0.717, 1.165) is 5.56 Å². The molecule has 3 N–H and O–H groups in total. The SMILES string of the molecule is [B]c1cc(C)ccc1C(N)SC(=N)C(F)F. The van der Waals surface area contributed by atoms with Crippen molar-refractivity contribution in [2.75, 3.05) is 0 Å². The first kappa shape index (κ1) is 13.2. The molecular formula is C10H11BF2N2S. The van der Waals surface area contributed by atoms with Crippen molar-refractivity contribution in [1.82, 2.24) is 0 Å². The third-order valence-corrected chi connectivity index (χ3v) is 2.94. The van der Waals surface area contributed by atoms with Crippen LogP contribution < -0.4 is 11.2 Å². The van der Waals surface area contributed by atoms with E-state index in [-0.39, 0.29) is 0 Å². The number of hydrogen-bond acceptors (Lipinski definition) is 3. The van der Waals surface area contributed by atoms with Crippen molar-refractivity contribution in [3.8, 4) is 0 Å². The number of thioether (sulfide) groups is 1. The maximum Gasteiger partial charge on any atom is 0.285 e. The van der Waals surface area contributed by atoms with Gasteiger partial charge in [0.2, 0.25) is 0 Å². The van der Waals surface area contributed by atoms with E-state index in [1.54, 1.807) is 18.2 Å². The lowest BCUT2D eigenvalue weighted by Crippen LogP contribution is -2.21. The van der Waals surface area contributed by atoms with Crippen molar-refractivity contribution in [2.24, 2.45) is 5.73 Å². The summed E-state index contributed by atoms with van der Waals surface area (Å²) in [6, 6.07) is 5.22. The average Bonchev–Trinajstić information content (AvgIpc) is 2.16. The van der Waals surface area contributed by atoms with Gasteiger partial charge in [0.15, 0.2) is 0 Å². The van der Waals surface area contributed by atoms with Crippen LogP contribution in [0.15, 0.2) is 18.2 Å². The van der Waals surface area contributed by atoms with E-state index in [9.17, 15) is 8.78 Å². The molecule has 0 aliphatic rings. The molecule has 0 fully saturated rings. The molecule has 0 heterocycles. The Hall–Kier alpha value is -0.875. The van der Waals surface area contributed by atoms with E-state index in [2.05, 4.69) is 0 Å². The molecule has 1 unspecified atom stereocenters. The van der Waals surface area contributed by atoms with Gasteiger partial charge >= 0.3 is 0 Å². The molecule has 1 aromatic carbocycles. The van der Waals surface area contributed by atoms with Crippen LogP contribution in [-0.2, 0) is 0 Å². The summed E-state index contributed by atoms with van der Waals surface area (Å²) in [7, 11) is 5.72. The second-order valence-electron chi connectivity index (χ2n) is 3.34. The fourth-order valence-electron chi connectivity index (χ4n) is 1.20. The smallest absolute Gasteiger partial charge is 0.285 e. The molecule has 0 aromatic heterocycles. The molecular weight excluding hydrogens is 229 g/mol. The van der Waals surface area contributed by atoms with E-state index in [1.165, 1.54) is 0 Å². The third kappa shape index (κ3) is 3.32. The number of halogens is 2. The molecule has 0 aliphatic carbocycles. The molecule has 0 spiro atoms. The number of aryl methyl sites for hydroxylation is 1. The van der Waals surface area contributed by atoms with Gasteiger partial charge in [-0.1, -0.05) is 41.0 Å². The molecule has 1 rings (SSSR count). The Balaban J connectivity index is 2.80. The fourth-order valence-corrected chi connectivity index (χ4v) is 1.92. The quantitative estimate of drug-likeness (QED) is 0.366. The Bertz CT molecular complexity index is 398. The summed E-state index contributed by atoms with van der Waals surface area (Å²) >= 11 is 0.612. The summed E-state index contributed by atoms with van der Waals surface area (Å²) in [5.74, 6) is 0. The van der Waals surface area contributed by atoms with Gasteiger partial charge in [-0.15, -0.1) is 0 Å². The van der Waals surface area contributed by atoms with Crippen LogP contribution in [0.1, 0.15) is 16.5 Å². The highest BCUT2D eigenvalue weighted by Gasteiger charge is 2.17. The fraction of sp³-hybridized carbons (Fsp3) is 0.300. The molecule has 6 heteroatoms. The van der Waals surface area contributed by atoms with Gasteiger partial charge in [-0.2, -0.15) is 0 Å². The first-order valence-electron chi connectivity index (χ1n) is 4.56. The summed E-state index contributed by atoms with van der Waals surface area (Å²) in [4.78, 5) is 0. The van der Waals surface area contributed by atoms with Gasteiger partial charge in [-0.05, 0) is 12.5 Å². The molecule has 16 heavy (non-hydrogen) atoms. The molecule has 2 radical (unpaired) electrons. The lowest BCUT2D eigenvalue weighted by Gasteiger charge is -2.15. The molecule has 0 saturated heterocycles. The maximum absolute atomic E-state index is 12.1. The van der Waals surface area contributed by atoms with Gasteiger partial charge in [0, 0.05) is 0 Å². The second kappa shape index (κ2) is 5.45. The molecule has 0 amide bonds. The first-order valence-corrected chi connectivity index (χ1v) is 5.44. The number of nitrogens with one attached hydrogen (secondary N) is 1. The molecule has 84 valence electrons. The van der Waals surface area contributed by atoms with Crippen molar-refractivity contribution in [2.45, 2.75) is 18.7 Å². The minimum absolute atomic E-state index is 0.460. The zero-order valence-corrected chi connectivity index (χ0v) is 9.52. The maximum atomic E-state index is 12.1. The van der Waals surface area contributed by atoms with E-state index >= 15 is 0 Å². The number of nitrogens with two attached hydrogens (primary N) is 1. The zero-order valence-electron chi connectivity index (χ0n) is 8.71. The summed E-state index contributed by atoms with van der Waals surface area (Å²) in [6.45, 7) is 1.88. The van der Waals surface area contributed by atoms with Crippen molar-refractivity contribution < 1.29 is 8.78 Å². The van der Waals surface area contributed by atoms with E-state index in [4.69, 9.17) is 19.0 Å². The van der Waals surface area contributed by atoms with Crippen LogP contribution in [0.4, 0.5) is 8.78 Å². The minimum atomic E-state index is -2.79. The van der Waals surface area contributed by atoms with E-state index < -0.39 is 16.8 Å². The molecule has 0 aliphatic heterocycles. The zero-order chi connectivity index (χ0) is 12.3. The third-order valence-electron chi connectivity index (χ3n) is 2.00. The van der Waals surface area contributed by atoms with Gasteiger partial charge in [-0.25, -0.2) is 8.78 Å². The number of hydrogen-bond donors (Lipinski definition) is 2. The number of rotatable bonds is 3. The highest BCUT2D eigenvalue weighted by molar-refractivity contribution is 8.14. The standard InChI is InChI=1S/C10H11BF2N2S/c1-5-2-3-6(7(11)4-5)9(14)16-10(15)8(12)13/h2-4,8-9,15H,14H2,1H3. The van der Waals surface area contributed by atoms with Gasteiger partial charge in [0.25, 0.3) is 6.43 Å². The van der Waals surface area contributed by atoms with E-state index in [1.807, 2.05) is 6.92 Å². The average molecular weight is 240 g/mol. The molecule has 1 atom stereocenters. The van der Waals surface area contributed by atoms with Crippen LogP contribution in [0.25, 0.3) is 0 Å². The summed E-state index contributed by atoms with van der Waals surface area (Å²) in [6.07, 6.45) is -2.79. The van der Waals surface area contributed by atoms with Crippen LogP contribution in [0.3, 0.4) is 0 Å². The molecule has 1 aromatic rings. The van der Waals surface area contributed by atoms with Gasteiger partial charge < -0.3 is 5.73 Å². The van der Waals surface area contributed by atoms with Crippen molar-refractivity contribution in [1.29, 1.82) is 5.41 Å². The predicted octanol–water partition coefficient (Wildman–Crippen LogP) is 1.72. The largest absolute Gasteiger partial charge is 0.315 e. The summed E-state index contributed by atoms with van der Waals surface area (Å²) in [5.41, 5.74) is 7.70. The van der Waals surface area contributed by atoms with Crippen LogP contribution in [0, 0.1) is 12.3 Å². The lowest BCUT2D eigenvalue weighted by molar-refractivity contribution is 0.228.